The highest BCUT2D eigenvalue weighted by Gasteiger charge is 2.43. The Morgan fingerprint density at radius 1 is 0.471 bits per heavy atom. The summed E-state index contributed by atoms with van der Waals surface area (Å²) in [6.07, 6.45) is -2.65. The second kappa shape index (κ2) is 20.7. The van der Waals surface area contributed by atoms with Crippen LogP contribution in [-0.4, -0.2) is 72.7 Å². The monoisotopic (exact) mass is 963 g/mol. The summed E-state index contributed by atoms with van der Waals surface area (Å²) >= 11 is 0. The number of carbonyl (C=O) groups is 4. The number of aromatic hydroxyl groups is 2. The van der Waals surface area contributed by atoms with Crippen molar-refractivity contribution in [3.63, 3.8) is 0 Å². The molecule has 1 aliphatic carbocycles. The number of benzene rings is 4. The molecule has 3 aliphatic rings. The van der Waals surface area contributed by atoms with Crippen LogP contribution in [0.3, 0.4) is 0 Å². The molecule has 10 bridgehead atoms. The van der Waals surface area contributed by atoms with Gasteiger partial charge in [0.1, 0.15) is 23.0 Å². The van der Waals surface area contributed by atoms with Gasteiger partial charge in [0, 0.05) is 25.7 Å². The van der Waals surface area contributed by atoms with Gasteiger partial charge in [-0.25, -0.2) is 19.2 Å². The number of hydrogen-bond donors (Lipinski definition) is 2. The number of carbonyl (C=O) groups excluding carboxylic acids is 4. The van der Waals surface area contributed by atoms with Crippen LogP contribution in [-0.2, 0) is 85.5 Å². The summed E-state index contributed by atoms with van der Waals surface area (Å²) in [6, 6.07) is 16.1. The third kappa shape index (κ3) is 12.5. The molecule has 0 fully saturated rings. The molecule has 0 saturated heterocycles. The van der Waals surface area contributed by atoms with E-state index in [2.05, 4.69) is 83.1 Å². The van der Waals surface area contributed by atoms with E-state index in [1.165, 1.54) is 0 Å². The molecular weight excluding hydrogens is 889 g/mol. The van der Waals surface area contributed by atoms with E-state index in [4.69, 9.17) is 28.4 Å². The van der Waals surface area contributed by atoms with Crippen LogP contribution in [0.4, 0.5) is 0 Å². The molecule has 7 rings (SSSR count). The van der Waals surface area contributed by atoms with Crippen molar-refractivity contribution < 1.29 is 57.8 Å². The Labute approximate surface area is 414 Å². The fourth-order valence-corrected chi connectivity index (χ4v) is 8.67. The van der Waals surface area contributed by atoms with Gasteiger partial charge < -0.3 is 38.6 Å². The van der Waals surface area contributed by atoms with Crippen molar-refractivity contribution >= 4 is 23.9 Å². The normalized spacial score (nSPS) is 17.1. The van der Waals surface area contributed by atoms with E-state index in [0.717, 1.165) is 22.3 Å². The second-order valence-corrected chi connectivity index (χ2v) is 23.0. The van der Waals surface area contributed by atoms with Crippen LogP contribution in [0.5, 0.6) is 23.0 Å². The minimum atomic E-state index is -2.07. The summed E-state index contributed by atoms with van der Waals surface area (Å²) in [6.45, 7) is 27.2. The number of phenolic OH excluding ortho intramolecular Hbond substituents is 2. The third-order valence-electron chi connectivity index (χ3n) is 12.8. The molecule has 0 spiro atoms. The molecule has 2 aliphatic heterocycles. The molecule has 12 heteroatoms. The summed E-state index contributed by atoms with van der Waals surface area (Å²) < 4.78 is 35.5. The Balaban J connectivity index is 1.76. The zero-order chi connectivity index (χ0) is 51.7. The highest BCUT2D eigenvalue weighted by atomic mass is 16.7. The Kier molecular flexibility index (Phi) is 15.8. The van der Waals surface area contributed by atoms with Crippen LogP contribution < -0.4 is 9.47 Å². The predicted octanol–water partition coefficient (Wildman–Crippen LogP) is 10.5. The first-order valence-electron chi connectivity index (χ1n) is 24.6. The molecule has 2 atom stereocenters. The summed E-state index contributed by atoms with van der Waals surface area (Å²) in [5.41, 5.74) is 7.39. The zero-order valence-electron chi connectivity index (χ0n) is 43.8. The fraction of sp³-hybridized carbons (Fsp3) is 0.517. The largest absolute Gasteiger partial charge is 0.507 e. The topological polar surface area (TPSA) is 164 Å². The first-order valence-corrected chi connectivity index (χ1v) is 24.6. The van der Waals surface area contributed by atoms with Crippen LogP contribution in [0.2, 0.25) is 0 Å². The molecule has 1 unspecified atom stereocenters. The molecule has 4 aromatic carbocycles. The zero-order valence-corrected chi connectivity index (χ0v) is 43.8. The van der Waals surface area contributed by atoms with Crippen molar-refractivity contribution in [2.45, 2.75) is 169 Å². The molecular formula is C58H74O12. The lowest BCUT2D eigenvalue weighted by atomic mass is 9.79. The average Bonchev–Trinajstić information content (AvgIpc) is 3.25. The summed E-state index contributed by atoms with van der Waals surface area (Å²) in [5, 5.41) is 25.1. The van der Waals surface area contributed by atoms with E-state index >= 15 is 0 Å². The Bertz CT molecular complexity index is 2350. The van der Waals surface area contributed by atoms with Gasteiger partial charge >= 0.3 is 23.9 Å². The quantitative estimate of drug-likeness (QED) is 0.0942. The number of fused-ring (bicyclic) bond motifs is 9. The van der Waals surface area contributed by atoms with Crippen LogP contribution in [0, 0.1) is 0 Å². The van der Waals surface area contributed by atoms with Gasteiger partial charge in [-0.2, -0.15) is 0 Å². The van der Waals surface area contributed by atoms with Gasteiger partial charge in [0.25, 0.3) is 0 Å². The molecule has 0 radical (unpaired) electrons. The van der Waals surface area contributed by atoms with Gasteiger partial charge in [0.15, 0.2) is 13.2 Å². The van der Waals surface area contributed by atoms with Gasteiger partial charge in [-0.15, -0.1) is 0 Å². The first kappa shape index (κ1) is 53.3. The van der Waals surface area contributed by atoms with E-state index in [1.807, 2.05) is 48.5 Å². The molecule has 2 heterocycles. The smallest absolute Gasteiger partial charge is 0.352 e. The van der Waals surface area contributed by atoms with Crippen LogP contribution in [0.1, 0.15) is 177 Å². The molecule has 0 saturated carbocycles. The second-order valence-electron chi connectivity index (χ2n) is 23.0. The molecule has 378 valence electrons. The predicted molar refractivity (Wildman–Crippen MR) is 268 cm³/mol. The Morgan fingerprint density at radius 2 is 0.714 bits per heavy atom. The highest BCUT2D eigenvalue weighted by molar-refractivity contribution is 5.90. The fourth-order valence-electron chi connectivity index (χ4n) is 8.67. The minimum Gasteiger partial charge on any atom is -0.507 e. The van der Waals surface area contributed by atoms with E-state index in [0.29, 0.717) is 68.8 Å². The van der Waals surface area contributed by atoms with Gasteiger partial charge in [-0.1, -0.05) is 145 Å². The number of hydrogen-bond acceptors (Lipinski definition) is 12. The molecule has 70 heavy (non-hydrogen) atoms. The number of phenols is 2. The average molecular weight is 963 g/mol. The first-order chi connectivity index (χ1) is 32.6. The van der Waals surface area contributed by atoms with Crippen molar-refractivity contribution in [2.75, 3.05) is 26.4 Å². The van der Waals surface area contributed by atoms with Crippen molar-refractivity contribution in [1.82, 2.24) is 0 Å². The van der Waals surface area contributed by atoms with Gasteiger partial charge in [0.2, 0.25) is 12.2 Å². The van der Waals surface area contributed by atoms with Gasteiger partial charge in [-0.05, 0) is 101 Å². The lowest BCUT2D eigenvalue weighted by Crippen LogP contribution is -2.48. The van der Waals surface area contributed by atoms with Crippen molar-refractivity contribution in [3.05, 3.63) is 115 Å². The molecule has 0 aromatic heterocycles. The van der Waals surface area contributed by atoms with Crippen molar-refractivity contribution in [2.24, 2.45) is 0 Å². The van der Waals surface area contributed by atoms with E-state index in [1.54, 1.807) is 13.8 Å². The number of esters is 4. The van der Waals surface area contributed by atoms with Crippen LogP contribution in [0.25, 0.3) is 0 Å². The molecule has 0 amide bonds. The summed E-state index contributed by atoms with van der Waals surface area (Å²) in [7, 11) is 0. The molecule has 12 nitrogen and oxygen atoms in total. The van der Waals surface area contributed by atoms with Crippen LogP contribution in [0.15, 0.2) is 48.5 Å². The Morgan fingerprint density at radius 3 is 0.943 bits per heavy atom. The number of rotatable bonds is 6. The number of ether oxygens (including phenoxy) is 6. The lowest BCUT2D eigenvalue weighted by molar-refractivity contribution is -0.193. The van der Waals surface area contributed by atoms with Crippen LogP contribution >= 0.6 is 0 Å². The standard InChI is InChI=1S/C58H74O12/c1-15-17-65-53(63)51-52(54(64)66-18-16-2)70-46(60)32-68-50-39-21-35-25-41(55(3,4)5)23-33(47(35)61)19-37-27-43(57(9,10)11)28-38(49(37)67-31-45(59)69-51)20-34-24-42(56(6,7)8)26-36(48(34)62)22-40(50)30-44(29-39)58(12,13)14/h23-30,51-52,61-62H,15-22,31-32H2,1-14H3/t51-,52?/m1/s1. The maximum absolute atomic E-state index is 14.2. The van der Waals surface area contributed by atoms with E-state index in [9.17, 15) is 29.4 Å². The van der Waals surface area contributed by atoms with Crippen molar-refractivity contribution in [3.8, 4) is 23.0 Å². The van der Waals surface area contributed by atoms with E-state index < -0.39 is 49.3 Å². The highest BCUT2D eigenvalue weighted by Crippen LogP contribution is 2.44. The minimum absolute atomic E-state index is 0.0682. The summed E-state index contributed by atoms with van der Waals surface area (Å²) in [4.78, 5) is 56.0. The maximum Gasteiger partial charge on any atom is 0.352 e. The molecule has 4 aromatic rings. The SMILES string of the molecule is CCCOC(=O)C1OC(=O)COc2c3cc(C(C)(C)C)cc2Cc2cc(C(C)(C)C)cc(c2O)Cc2cc(C(C)(C)C)cc(c2OCC(=O)O[C@H]1C(=O)OCCC)Cc1cc(C(C)(C)C)cc(c1O)C3. The van der Waals surface area contributed by atoms with E-state index in [-0.39, 0.29) is 72.1 Å². The van der Waals surface area contributed by atoms with Gasteiger partial charge in [-0.3, -0.25) is 0 Å². The van der Waals surface area contributed by atoms with Crippen molar-refractivity contribution in [1.29, 1.82) is 0 Å². The Hall–Kier alpha value is -6.04. The van der Waals surface area contributed by atoms with Gasteiger partial charge in [0.05, 0.1) is 13.2 Å². The summed E-state index contributed by atoms with van der Waals surface area (Å²) in [5.74, 6) is -3.62. The third-order valence-corrected chi connectivity index (χ3v) is 12.8. The molecule has 2 N–H and O–H groups in total. The lowest BCUT2D eigenvalue weighted by Gasteiger charge is -2.28. The maximum atomic E-state index is 14.2.